The molecule has 2 heterocycles. The van der Waals surface area contributed by atoms with Crippen molar-refractivity contribution in [3.63, 3.8) is 0 Å². The van der Waals surface area contributed by atoms with Gasteiger partial charge >= 0.3 is 0 Å². The lowest BCUT2D eigenvalue weighted by Crippen LogP contribution is -2.34. The molecule has 170 valence electrons. The maximum Gasteiger partial charge on any atom is 0.181 e. The zero-order valence-electron chi connectivity index (χ0n) is 18.7. The molecule has 2 aliphatic rings. The molecule has 32 heavy (non-hydrogen) atoms. The Labute approximate surface area is 193 Å². The molecule has 1 saturated carbocycles. The van der Waals surface area contributed by atoms with Crippen LogP contribution in [0.5, 0.6) is 0 Å². The van der Waals surface area contributed by atoms with E-state index in [0.717, 1.165) is 27.9 Å². The molecule has 8 heteroatoms. The zero-order chi connectivity index (χ0) is 23.3. The number of nitrogen functional groups attached to an aromatic ring is 2. The molecule has 0 bridgehead atoms. The molecule has 1 fully saturated rings. The number of rotatable bonds is 2. The highest BCUT2D eigenvalue weighted by molar-refractivity contribution is 7.22. The number of nitrogens with one attached hydrogen (secondary N) is 3. The first kappa shape index (κ1) is 23.7. The van der Waals surface area contributed by atoms with Crippen molar-refractivity contribution in [3.05, 3.63) is 47.0 Å². The summed E-state index contributed by atoms with van der Waals surface area (Å²) in [4.78, 5) is 4.39. The number of benzene rings is 2. The van der Waals surface area contributed by atoms with Crippen LogP contribution in [0.3, 0.4) is 0 Å². The van der Waals surface area contributed by atoms with Gasteiger partial charge < -0.3 is 33.3 Å². The smallest absolute Gasteiger partial charge is 0.181 e. The second-order valence-electron chi connectivity index (χ2n) is 7.92. The number of thiazole rings is 1. The third-order valence-electron chi connectivity index (χ3n) is 6.18. The van der Waals surface area contributed by atoms with Crippen molar-refractivity contribution < 1.29 is 0 Å². The monoisotopic (exact) mass is 451 g/mol. The minimum atomic E-state index is 0.262. The quantitative estimate of drug-likeness (QED) is 0.236. The molecule has 3 aromatic rings. The van der Waals surface area contributed by atoms with Crippen LogP contribution >= 0.6 is 11.3 Å². The number of hydrogen-bond donors (Lipinski definition) is 6. The lowest BCUT2D eigenvalue weighted by Gasteiger charge is -2.44. The summed E-state index contributed by atoms with van der Waals surface area (Å²) >= 11 is 1.55. The van der Waals surface area contributed by atoms with Crippen molar-refractivity contribution in [2.45, 2.75) is 44.6 Å². The Morgan fingerprint density at radius 3 is 2.53 bits per heavy atom. The van der Waals surface area contributed by atoms with Crippen molar-refractivity contribution in [3.8, 4) is 0 Å². The summed E-state index contributed by atoms with van der Waals surface area (Å²) in [6, 6.07) is 10.8. The van der Waals surface area contributed by atoms with Crippen LogP contribution in [0.25, 0.3) is 10.2 Å². The summed E-state index contributed by atoms with van der Waals surface area (Å²) in [6.45, 7) is 1.67. The van der Waals surface area contributed by atoms with Gasteiger partial charge in [-0.2, -0.15) is 0 Å². The Bertz CT molecular complexity index is 1090. The van der Waals surface area contributed by atoms with Gasteiger partial charge in [-0.05, 0) is 80.3 Å². The first-order valence-electron chi connectivity index (χ1n) is 11.0. The van der Waals surface area contributed by atoms with Gasteiger partial charge in [0.25, 0.3) is 0 Å². The van der Waals surface area contributed by atoms with E-state index in [1.54, 1.807) is 18.3 Å². The van der Waals surface area contributed by atoms with Crippen LogP contribution in [0.2, 0.25) is 0 Å². The first-order valence-corrected chi connectivity index (χ1v) is 11.8. The van der Waals surface area contributed by atoms with Gasteiger partial charge in [-0.1, -0.05) is 30.2 Å². The van der Waals surface area contributed by atoms with E-state index in [-0.39, 0.29) is 6.04 Å². The molecule has 0 radical (unpaired) electrons. The van der Waals surface area contributed by atoms with Crippen molar-refractivity contribution in [1.82, 2.24) is 4.98 Å². The normalized spacial score (nSPS) is 20.9. The van der Waals surface area contributed by atoms with E-state index in [4.69, 9.17) is 22.3 Å². The Hall–Kier alpha value is -2.97. The third-order valence-corrected chi connectivity index (χ3v) is 7.03. The first-order chi connectivity index (χ1) is 15.6. The Morgan fingerprint density at radius 2 is 1.81 bits per heavy atom. The number of nitrogens with zero attached hydrogens (tertiary/aromatic N) is 1. The zero-order valence-corrected chi connectivity index (χ0v) is 19.5. The lowest BCUT2D eigenvalue weighted by atomic mass is 9.67. The second-order valence-corrected chi connectivity index (χ2v) is 8.98. The van der Waals surface area contributed by atoms with E-state index in [1.165, 1.54) is 49.9 Å². The van der Waals surface area contributed by atoms with Crippen LogP contribution in [0.4, 0.5) is 16.5 Å². The molecule has 3 atom stereocenters. The Kier molecular flexibility index (Phi) is 7.82. The Balaban J connectivity index is 0.000000536. The molecule has 5 rings (SSSR count). The van der Waals surface area contributed by atoms with Crippen LogP contribution < -0.4 is 22.5 Å². The highest BCUT2D eigenvalue weighted by Gasteiger charge is 2.40. The van der Waals surface area contributed by atoms with Crippen LogP contribution in [-0.4, -0.2) is 24.5 Å². The minimum absolute atomic E-state index is 0.262. The molecule has 0 amide bonds. The topological polar surface area (TPSA) is 151 Å². The molecular formula is C24H33N7S. The second kappa shape index (κ2) is 10.6. The molecule has 9 N–H and O–H groups in total. The molecular weight excluding hydrogens is 418 g/mol. The van der Waals surface area contributed by atoms with E-state index in [9.17, 15) is 0 Å². The van der Waals surface area contributed by atoms with Gasteiger partial charge in [0.1, 0.15) is 0 Å². The Morgan fingerprint density at radius 1 is 1.09 bits per heavy atom. The van der Waals surface area contributed by atoms with Crippen molar-refractivity contribution in [1.29, 1.82) is 10.8 Å². The maximum atomic E-state index is 7.89. The SMILES string of the molecule is CC=N.CN.N=Cc1c(N)ccc2c1C1CCCC[C@H]1[C@@H](c1ccc3nc(N)sc3c1)N2. The average molecular weight is 452 g/mol. The number of fused-ring (bicyclic) bond motifs is 4. The fraction of sp³-hybridized carbons (Fsp3) is 0.375. The molecule has 0 saturated heterocycles. The van der Waals surface area contributed by atoms with Gasteiger partial charge in [-0.3, -0.25) is 0 Å². The number of hydrogen-bond acceptors (Lipinski definition) is 8. The number of nitrogens with two attached hydrogens (primary N) is 3. The van der Waals surface area contributed by atoms with E-state index in [1.807, 2.05) is 6.07 Å². The fourth-order valence-corrected chi connectivity index (χ4v) is 5.80. The minimum Gasteiger partial charge on any atom is -0.398 e. The van der Waals surface area contributed by atoms with Crippen molar-refractivity contribution in [2.75, 3.05) is 23.8 Å². The molecule has 0 spiro atoms. The van der Waals surface area contributed by atoms with E-state index >= 15 is 0 Å². The molecule has 1 aromatic heterocycles. The van der Waals surface area contributed by atoms with Crippen molar-refractivity contribution >= 4 is 50.5 Å². The van der Waals surface area contributed by atoms with Gasteiger partial charge in [0.2, 0.25) is 0 Å². The maximum absolute atomic E-state index is 7.89. The molecule has 1 aliphatic heterocycles. The molecule has 2 aromatic carbocycles. The fourth-order valence-electron chi connectivity index (χ4n) is 5.01. The summed E-state index contributed by atoms with van der Waals surface area (Å²) in [6.07, 6.45) is 7.53. The summed E-state index contributed by atoms with van der Waals surface area (Å²) in [7, 11) is 1.50. The van der Waals surface area contributed by atoms with Crippen LogP contribution in [0.15, 0.2) is 30.3 Å². The predicted octanol–water partition coefficient (Wildman–Crippen LogP) is 5.13. The predicted molar refractivity (Wildman–Crippen MR) is 138 cm³/mol. The number of aromatic nitrogens is 1. The van der Waals surface area contributed by atoms with Crippen LogP contribution in [0, 0.1) is 16.7 Å². The van der Waals surface area contributed by atoms with Crippen molar-refractivity contribution in [2.24, 2.45) is 11.7 Å². The van der Waals surface area contributed by atoms with Gasteiger partial charge in [0.05, 0.1) is 16.3 Å². The molecule has 1 unspecified atom stereocenters. The molecule has 1 aliphatic carbocycles. The highest BCUT2D eigenvalue weighted by atomic mass is 32.1. The third kappa shape index (κ3) is 4.47. The van der Waals surface area contributed by atoms with Crippen LogP contribution in [0.1, 0.15) is 61.3 Å². The highest BCUT2D eigenvalue weighted by Crippen LogP contribution is 2.52. The average Bonchev–Trinajstić information content (AvgIpc) is 3.19. The standard InChI is InChI=1S/C21H23N5S.C2H5N.CH5N/c22-10-14-15(23)6-8-17-19(14)12-3-1-2-4-13(12)20(25-17)11-5-7-16-18(9-11)27-21(24)26-16;1-2-3;1-2/h5-10,12-13,20,22,25H,1-4,23H2,(H2,24,26);2-3H,1H3;2H2,1H3/t12?,13-,20-;;/m1../s1. The molecule has 7 nitrogen and oxygen atoms in total. The lowest BCUT2D eigenvalue weighted by molar-refractivity contribution is 0.265. The van der Waals surface area contributed by atoms with Gasteiger partial charge in [-0.25, -0.2) is 4.98 Å². The van der Waals surface area contributed by atoms with Gasteiger partial charge in [-0.15, -0.1) is 0 Å². The van der Waals surface area contributed by atoms with E-state index in [2.05, 4.69) is 40.3 Å². The van der Waals surface area contributed by atoms with E-state index < -0.39 is 0 Å². The van der Waals surface area contributed by atoms with Crippen LogP contribution in [-0.2, 0) is 0 Å². The summed E-state index contributed by atoms with van der Waals surface area (Å²) in [5.41, 5.74) is 22.8. The van der Waals surface area contributed by atoms with Gasteiger partial charge in [0, 0.05) is 23.2 Å². The largest absolute Gasteiger partial charge is 0.398 e. The summed E-state index contributed by atoms with van der Waals surface area (Å²) in [5.74, 6) is 0.955. The summed E-state index contributed by atoms with van der Waals surface area (Å²) < 4.78 is 1.14. The number of anilines is 3. The summed E-state index contributed by atoms with van der Waals surface area (Å²) in [5, 5.41) is 18.4. The van der Waals surface area contributed by atoms with Gasteiger partial charge in [0.15, 0.2) is 5.13 Å². The van der Waals surface area contributed by atoms with E-state index in [0.29, 0.717) is 22.7 Å².